The van der Waals surface area contributed by atoms with Crippen LogP contribution in [0.5, 0.6) is 5.75 Å². The van der Waals surface area contributed by atoms with Gasteiger partial charge in [-0.25, -0.2) is 0 Å². The highest BCUT2D eigenvalue weighted by Crippen LogP contribution is 2.32. The third kappa shape index (κ3) is 3.15. The molecule has 2 aliphatic heterocycles. The first kappa shape index (κ1) is 18.1. The third-order valence-corrected chi connectivity index (χ3v) is 6.13. The molecule has 1 aromatic heterocycles. The summed E-state index contributed by atoms with van der Waals surface area (Å²) in [7, 11) is 1.66. The van der Waals surface area contributed by atoms with E-state index in [1.807, 2.05) is 41.3 Å². The molecule has 0 aliphatic carbocycles. The van der Waals surface area contributed by atoms with Crippen LogP contribution in [-0.4, -0.2) is 52.3 Å². The van der Waals surface area contributed by atoms with E-state index < -0.39 is 0 Å². The van der Waals surface area contributed by atoms with Gasteiger partial charge in [-0.1, -0.05) is 24.3 Å². The zero-order valence-corrected chi connectivity index (χ0v) is 16.6. The Morgan fingerprint density at radius 3 is 2.66 bits per heavy atom. The smallest absolute Gasteiger partial charge is 0.254 e. The van der Waals surface area contributed by atoms with Crippen molar-refractivity contribution in [3.05, 3.63) is 53.6 Å². The second-order valence-electron chi connectivity index (χ2n) is 7.73. The molecule has 0 spiro atoms. The van der Waals surface area contributed by atoms with E-state index in [1.54, 1.807) is 7.11 Å². The first-order valence-corrected chi connectivity index (χ1v) is 10.2. The van der Waals surface area contributed by atoms with E-state index in [0.29, 0.717) is 5.92 Å². The van der Waals surface area contributed by atoms with Gasteiger partial charge in [0, 0.05) is 43.0 Å². The number of hydrogen-bond acceptors (Lipinski definition) is 5. The second kappa shape index (κ2) is 7.48. The van der Waals surface area contributed by atoms with Crippen molar-refractivity contribution in [3.63, 3.8) is 0 Å². The van der Waals surface area contributed by atoms with E-state index >= 15 is 0 Å². The number of nitrogens with one attached hydrogen (secondary N) is 1. The Hall–Kier alpha value is -2.93. The highest BCUT2D eigenvalue weighted by atomic mass is 16.5. The number of amides is 1. The summed E-state index contributed by atoms with van der Waals surface area (Å²) in [6.07, 6.45) is 1.84. The fourth-order valence-electron chi connectivity index (χ4n) is 4.56. The molecule has 1 fully saturated rings. The number of carbonyl (C=O) groups is 1. The number of likely N-dealkylation sites (tertiary alicyclic amines) is 1. The minimum absolute atomic E-state index is 0.0924. The maximum atomic E-state index is 13.3. The summed E-state index contributed by atoms with van der Waals surface area (Å²) in [6, 6.07) is 11.7. The summed E-state index contributed by atoms with van der Waals surface area (Å²) in [5.74, 6) is 3.36. The maximum absolute atomic E-state index is 13.3. The number of fused-ring (bicyclic) bond motifs is 2. The average molecular weight is 391 g/mol. The van der Waals surface area contributed by atoms with Gasteiger partial charge in [0.25, 0.3) is 5.91 Å². The van der Waals surface area contributed by atoms with E-state index in [-0.39, 0.29) is 5.91 Å². The molecule has 0 atom stereocenters. The summed E-state index contributed by atoms with van der Waals surface area (Å²) >= 11 is 0. The van der Waals surface area contributed by atoms with Crippen LogP contribution in [0, 0.1) is 0 Å². The van der Waals surface area contributed by atoms with E-state index in [0.717, 1.165) is 79.3 Å². The summed E-state index contributed by atoms with van der Waals surface area (Å²) in [5.41, 5.74) is 0.741. The van der Waals surface area contributed by atoms with Gasteiger partial charge in [-0.3, -0.25) is 4.79 Å². The van der Waals surface area contributed by atoms with Crippen LogP contribution in [-0.2, 0) is 13.1 Å². The lowest BCUT2D eigenvalue weighted by Crippen LogP contribution is -2.39. The maximum Gasteiger partial charge on any atom is 0.254 e. The molecule has 3 aromatic rings. The van der Waals surface area contributed by atoms with Crippen molar-refractivity contribution < 1.29 is 9.53 Å². The highest BCUT2D eigenvalue weighted by molar-refractivity contribution is 6.08. The Morgan fingerprint density at radius 1 is 1.07 bits per heavy atom. The molecule has 3 heterocycles. The van der Waals surface area contributed by atoms with Gasteiger partial charge >= 0.3 is 0 Å². The average Bonchev–Trinajstić information content (AvgIpc) is 3.22. The molecule has 0 unspecified atom stereocenters. The highest BCUT2D eigenvalue weighted by Gasteiger charge is 2.29. The Bertz CT molecular complexity index is 1050. The van der Waals surface area contributed by atoms with Crippen molar-refractivity contribution in [2.24, 2.45) is 0 Å². The van der Waals surface area contributed by atoms with Crippen LogP contribution >= 0.6 is 0 Å². The molecule has 1 amide bonds. The van der Waals surface area contributed by atoms with Crippen LogP contribution < -0.4 is 10.1 Å². The molecule has 7 heteroatoms. The molecular formula is C22H25N5O2. The van der Waals surface area contributed by atoms with Crippen molar-refractivity contribution >= 4 is 16.7 Å². The number of benzene rings is 2. The number of rotatable bonds is 3. The number of ether oxygens (including phenoxy) is 1. The molecule has 0 bridgehead atoms. The third-order valence-electron chi connectivity index (χ3n) is 6.13. The molecule has 1 N–H and O–H groups in total. The number of aromatic nitrogens is 3. The second-order valence-corrected chi connectivity index (χ2v) is 7.73. The van der Waals surface area contributed by atoms with Gasteiger partial charge < -0.3 is 19.5 Å². The fraction of sp³-hybridized carbons (Fsp3) is 0.409. The first-order valence-electron chi connectivity index (χ1n) is 10.2. The van der Waals surface area contributed by atoms with Crippen LogP contribution in [0.3, 0.4) is 0 Å². The number of hydrogen-bond donors (Lipinski definition) is 1. The molecule has 2 aliphatic rings. The van der Waals surface area contributed by atoms with Gasteiger partial charge in [0.1, 0.15) is 17.4 Å². The largest absolute Gasteiger partial charge is 0.496 e. The lowest BCUT2D eigenvalue weighted by atomic mass is 9.94. The molecule has 0 saturated carbocycles. The van der Waals surface area contributed by atoms with Crippen molar-refractivity contribution in [3.8, 4) is 5.75 Å². The summed E-state index contributed by atoms with van der Waals surface area (Å²) in [4.78, 5) is 15.3. The van der Waals surface area contributed by atoms with Crippen molar-refractivity contribution in [1.82, 2.24) is 25.0 Å². The van der Waals surface area contributed by atoms with Gasteiger partial charge in [0.2, 0.25) is 0 Å². The van der Waals surface area contributed by atoms with E-state index in [9.17, 15) is 4.79 Å². The van der Waals surface area contributed by atoms with Gasteiger partial charge in [-0.2, -0.15) is 0 Å². The van der Waals surface area contributed by atoms with Crippen LogP contribution in [0.4, 0.5) is 0 Å². The van der Waals surface area contributed by atoms with Crippen molar-refractivity contribution in [2.45, 2.75) is 31.8 Å². The molecule has 5 rings (SSSR count). The Balaban J connectivity index is 1.35. The predicted octanol–water partition coefficient (Wildman–Crippen LogP) is 2.56. The minimum Gasteiger partial charge on any atom is -0.496 e. The lowest BCUT2D eigenvalue weighted by molar-refractivity contribution is 0.0712. The van der Waals surface area contributed by atoms with Gasteiger partial charge in [-0.15, -0.1) is 10.2 Å². The van der Waals surface area contributed by atoms with Crippen LogP contribution in [0.1, 0.15) is 40.8 Å². The molecular weight excluding hydrogens is 366 g/mol. The van der Waals surface area contributed by atoms with E-state index in [1.165, 1.54) is 0 Å². The Kier molecular flexibility index (Phi) is 4.67. The topological polar surface area (TPSA) is 72.3 Å². The lowest BCUT2D eigenvalue weighted by Gasteiger charge is -2.32. The molecule has 1 saturated heterocycles. The van der Waals surface area contributed by atoms with Crippen molar-refractivity contribution in [2.75, 3.05) is 26.7 Å². The van der Waals surface area contributed by atoms with Gasteiger partial charge in [0.15, 0.2) is 0 Å². The summed E-state index contributed by atoms with van der Waals surface area (Å²) < 4.78 is 7.72. The van der Waals surface area contributed by atoms with Crippen molar-refractivity contribution in [1.29, 1.82) is 0 Å². The Morgan fingerprint density at radius 2 is 1.86 bits per heavy atom. The van der Waals surface area contributed by atoms with Crippen LogP contribution in [0.25, 0.3) is 10.8 Å². The number of methoxy groups -OCH3 is 1. The standard InChI is InChI=1S/C22H25N5O2/c1-29-19-7-6-18(16-4-2-3-5-17(16)19)22(28)26-11-8-15(9-12-26)21-25-24-20-14-23-10-13-27(20)21/h2-7,15,23H,8-14H2,1H3. The molecule has 7 nitrogen and oxygen atoms in total. The van der Waals surface area contributed by atoms with E-state index in [4.69, 9.17) is 4.74 Å². The Labute approximate surface area is 169 Å². The van der Waals surface area contributed by atoms with Gasteiger partial charge in [-0.05, 0) is 30.4 Å². The SMILES string of the molecule is COc1ccc(C(=O)N2CCC(c3nnc4n3CCNC4)CC2)c2ccccc12. The zero-order valence-electron chi connectivity index (χ0n) is 16.6. The molecule has 0 radical (unpaired) electrons. The number of piperidine rings is 1. The van der Waals surface area contributed by atoms with E-state index in [2.05, 4.69) is 20.1 Å². The normalized spacial score (nSPS) is 17.3. The quantitative estimate of drug-likeness (QED) is 0.743. The van der Waals surface area contributed by atoms with Gasteiger partial charge in [0.05, 0.1) is 13.7 Å². The van der Waals surface area contributed by atoms with Crippen LogP contribution in [0.2, 0.25) is 0 Å². The molecule has 29 heavy (non-hydrogen) atoms. The fourth-order valence-corrected chi connectivity index (χ4v) is 4.56. The molecule has 150 valence electrons. The first-order chi connectivity index (χ1) is 14.3. The minimum atomic E-state index is 0.0924. The number of carbonyl (C=O) groups excluding carboxylic acids is 1. The monoisotopic (exact) mass is 391 g/mol. The zero-order chi connectivity index (χ0) is 19.8. The summed E-state index contributed by atoms with van der Waals surface area (Å²) in [5, 5.41) is 14.1. The predicted molar refractivity (Wildman–Crippen MR) is 110 cm³/mol. The van der Waals surface area contributed by atoms with Crippen LogP contribution in [0.15, 0.2) is 36.4 Å². The molecule has 2 aromatic carbocycles. The number of nitrogens with zero attached hydrogens (tertiary/aromatic N) is 4. The summed E-state index contributed by atoms with van der Waals surface area (Å²) in [6.45, 7) is 4.15.